The molecule has 2 aromatic carbocycles. The Labute approximate surface area is 199 Å². The summed E-state index contributed by atoms with van der Waals surface area (Å²) in [5, 5.41) is 2.03. The number of aryl methyl sites for hydroxylation is 2. The minimum Gasteiger partial charge on any atom is -0.318 e. The molecule has 2 amide bonds. The van der Waals surface area contributed by atoms with E-state index in [4.69, 9.17) is 0 Å². The fourth-order valence-corrected chi connectivity index (χ4v) is 6.35. The van der Waals surface area contributed by atoms with Crippen LogP contribution in [0, 0.1) is 12.7 Å². The van der Waals surface area contributed by atoms with Crippen LogP contribution in [0.3, 0.4) is 0 Å². The second-order valence-electron chi connectivity index (χ2n) is 8.25. The maximum Gasteiger partial charge on any atom is 0.325 e. The molecule has 1 aliphatic rings. The number of rotatable bonds is 7. The highest BCUT2D eigenvalue weighted by atomic mass is 32.1. The van der Waals surface area contributed by atoms with E-state index in [1.807, 2.05) is 25.1 Å². The molecule has 1 aliphatic heterocycles. The Hall–Kier alpha value is -3.03. The predicted molar refractivity (Wildman–Crippen MR) is 133 cm³/mol. The Bertz CT molecular complexity index is 1290. The Morgan fingerprint density at radius 2 is 1.82 bits per heavy atom. The van der Waals surface area contributed by atoms with Gasteiger partial charge in [-0.25, -0.2) is 9.18 Å². The van der Waals surface area contributed by atoms with Crippen LogP contribution < -0.4 is 4.90 Å². The molecule has 1 fully saturated rings. The molecule has 0 N–H and O–H groups in total. The van der Waals surface area contributed by atoms with Crippen LogP contribution in [0.5, 0.6) is 0 Å². The van der Waals surface area contributed by atoms with Crippen molar-refractivity contribution in [3.05, 3.63) is 87.4 Å². The average Bonchev–Trinajstić information content (AvgIpc) is 3.50. The van der Waals surface area contributed by atoms with Gasteiger partial charge in [-0.1, -0.05) is 30.3 Å². The van der Waals surface area contributed by atoms with Crippen molar-refractivity contribution in [2.75, 3.05) is 18.0 Å². The monoisotopic (exact) mass is 478 g/mol. The lowest BCUT2D eigenvalue weighted by molar-refractivity contribution is 0.0986. The molecule has 0 atom stereocenters. The van der Waals surface area contributed by atoms with Crippen LogP contribution in [-0.2, 0) is 13.0 Å². The summed E-state index contributed by atoms with van der Waals surface area (Å²) in [6, 6.07) is 18.5. The number of thiophene rings is 2. The molecule has 0 unspecified atom stereocenters. The third kappa shape index (κ3) is 4.56. The van der Waals surface area contributed by atoms with Crippen LogP contribution in [0.15, 0.2) is 60.7 Å². The molecular weight excluding hydrogens is 455 g/mol. The van der Waals surface area contributed by atoms with E-state index >= 15 is 0 Å². The molecule has 0 bridgehead atoms. The zero-order valence-corrected chi connectivity index (χ0v) is 19.8. The molecule has 1 saturated heterocycles. The largest absolute Gasteiger partial charge is 0.325 e. The van der Waals surface area contributed by atoms with E-state index in [9.17, 15) is 14.0 Å². The average molecular weight is 479 g/mol. The van der Waals surface area contributed by atoms with Gasteiger partial charge in [0.25, 0.3) is 0 Å². The Kier molecular flexibility index (Phi) is 6.00. The molecule has 4 nitrogen and oxygen atoms in total. The molecule has 3 heterocycles. The number of Topliss-reactive ketones (excluding diaryl/α,β-unsaturated/α-hetero) is 1. The fourth-order valence-electron chi connectivity index (χ4n) is 4.13. The van der Waals surface area contributed by atoms with Gasteiger partial charge in [0.15, 0.2) is 5.78 Å². The topological polar surface area (TPSA) is 40.6 Å². The number of ketones is 1. The van der Waals surface area contributed by atoms with Crippen LogP contribution in [0.2, 0.25) is 0 Å². The molecule has 0 aliphatic carbocycles. The summed E-state index contributed by atoms with van der Waals surface area (Å²) in [5.74, 6) is -0.164. The third-order valence-electron chi connectivity index (χ3n) is 5.88. The quantitative estimate of drug-likeness (QED) is 0.278. The van der Waals surface area contributed by atoms with Gasteiger partial charge < -0.3 is 4.90 Å². The summed E-state index contributed by atoms with van der Waals surface area (Å²) in [6.07, 6.45) is 1.18. The van der Waals surface area contributed by atoms with Gasteiger partial charge in [-0.3, -0.25) is 9.69 Å². The number of nitrogens with zero attached hydrogens (tertiary/aromatic N) is 2. The number of amides is 2. The molecular formula is C26H23FN2O2S2. The summed E-state index contributed by atoms with van der Waals surface area (Å²) in [4.78, 5) is 31.4. The van der Waals surface area contributed by atoms with Crippen molar-refractivity contribution in [2.45, 2.75) is 26.3 Å². The van der Waals surface area contributed by atoms with Crippen molar-refractivity contribution in [3.63, 3.8) is 0 Å². The Morgan fingerprint density at radius 1 is 1.03 bits per heavy atom. The summed E-state index contributed by atoms with van der Waals surface area (Å²) >= 11 is 3.14. The van der Waals surface area contributed by atoms with Gasteiger partial charge >= 0.3 is 6.03 Å². The molecule has 0 radical (unpaired) electrons. The third-order valence-corrected chi connectivity index (χ3v) is 8.36. The molecule has 0 saturated carbocycles. The summed E-state index contributed by atoms with van der Waals surface area (Å²) in [7, 11) is 0. The molecule has 33 heavy (non-hydrogen) atoms. The lowest BCUT2D eigenvalue weighted by Gasteiger charge is -2.17. The first-order valence-corrected chi connectivity index (χ1v) is 12.5. The number of benzene rings is 2. The zero-order chi connectivity index (χ0) is 22.9. The number of halogens is 1. The summed E-state index contributed by atoms with van der Waals surface area (Å²) in [5.41, 5.74) is 1.81. The number of urea groups is 1. The number of carbonyl (C=O) groups is 2. The van der Waals surface area contributed by atoms with Crippen molar-refractivity contribution in [1.82, 2.24) is 4.90 Å². The second kappa shape index (κ2) is 9.08. The number of hydrogen-bond donors (Lipinski definition) is 0. The first kappa shape index (κ1) is 21.8. The van der Waals surface area contributed by atoms with Crippen LogP contribution in [0.1, 0.15) is 32.1 Å². The van der Waals surface area contributed by atoms with E-state index in [1.54, 1.807) is 33.3 Å². The minimum atomic E-state index is -0.285. The lowest BCUT2D eigenvalue weighted by atomic mass is 10.1. The highest BCUT2D eigenvalue weighted by molar-refractivity contribution is 7.19. The smallest absolute Gasteiger partial charge is 0.318 e. The van der Waals surface area contributed by atoms with Crippen molar-refractivity contribution in [3.8, 4) is 0 Å². The van der Waals surface area contributed by atoms with Gasteiger partial charge in [-0.05, 0) is 60.2 Å². The van der Waals surface area contributed by atoms with E-state index < -0.39 is 0 Å². The second-order valence-corrected chi connectivity index (χ2v) is 10.5. The van der Waals surface area contributed by atoms with Gasteiger partial charge in [-0.2, -0.15) is 0 Å². The van der Waals surface area contributed by atoms with Gasteiger partial charge in [0.2, 0.25) is 0 Å². The van der Waals surface area contributed by atoms with Crippen molar-refractivity contribution in [1.29, 1.82) is 0 Å². The first-order chi connectivity index (χ1) is 16.0. The summed E-state index contributed by atoms with van der Waals surface area (Å²) < 4.78 is 14.4. The van der Waals surface area contributed by atoms with Crippen LogP contribution in [0.4, 0.5) is 14.2 Å². The molecule has 7 heteroatoms. The maximum absolute atomic E-state index is 13.2. The van der Waals surface area contributed by atoms with Crippen LogP contribution >= 0.6 is 22.7 Å². The van der Waals surface area contributed by atoms with E-state index in [0.29, 0.717) is 26.1 Å². The van der Waals surface area contributed by atoms with E-state index in [-0.39, 0.29) is 17.6 Å². The maximum atomic E-state index is 13.2. The van der Waals surface area contributed by atoms with Gasteiger partial charge in [0, 0.05) is 35.6 Å². The zero-order valence-electron chi connectivity index (χ0n) is 18.2. The minimum absolute atomic E-state index is 0.0788. The van der Waals surface area contributed by atoms with Crippen LogP contribution in [-0.4, -0.2) is 29.8 Å². The van der Waals surface area contributed by atoms with E-state index in [0.717, 1.165) is 27.4 Å². The Morgan fingerprint density at radius 3 is 2.61 bits per heavy atom. The number of carbonyl (C=O) groups excluding carboxylic acids is 2. The molecule has 0 spiro atoms. The molecule has 2 aromatic heterocycles. The molecule has 4 aromatic rings. The first-order valence-electron chi connectivity index (χ1n) is 10.9. The standard InChI is InChI=1S/C26H23FN2O2S2/c1-17-14-24(29-13-12-28(26(29)31)16-18-6-8-20(27)9-7-18)33-25(17)22(30)11-10-21-15-19-4-2-3-5-23(19)32-21/h2-9,14-15H,10-13,16H2,1H3. The highest BCUT2D eigenvalue weighted by Gasteiger charge is 2.31. The highest BCUT2D eigenvalue weighted by Crippen LogP contribution is 2.34. The lowest BCUT2D eigenvalue weighted by Crippen LogP contribution is -2.30. The van der Waals surface area contributed by atoms with Gasteiger partial charge in [0.05, 0.1) is 9.88 Å². The van der Waals surface area contributed by atoms with Crippen molar-refractivity contribution in [2.24, 2.45) is 0 Å². The Balaban J connectivity index is 1.24. The fraction of sp³-hybridized carbons (Fsp3) is 0.231. The van der Waals surface area contributed by atoms with Gasteiger partial charge in [0.1, 0.15) is 5.82 Å². The predicted octanol–water partition coefficient (Wildman–Crippen LogP) is 6.67. The number of fused-ring (bicyclic) bond motifs is 1. The van der Waals surface area contributed by atoms with Crippen molar-refractivity contribution >= 4 is 49.6 Å². The summed E-state index contributed by atoms with van der Waals surface area (Å²) in [6.45, 7) is 3.56. The van der Waals surface area contributed by atoms with Gasteiger partial charge in [-0.15, -0.1) is 22.7 Å². The van der Waals surface area contributed by atoms with E-state index in [1.165, 1.54) is 38.4 Å². The van der Waals surface area contributed by atoms with Crippen molar-refractivity contribution < 1.29 is 14.0 Å². The molecule has 5 rings (SSSR count). The SMILES string of the molecule is Cc1cc(N2CCN(Cc3ccc(F)cc3)C2=O)sc1C(=O)CCc1cc2ccccc2s1. The number of anilines is 1. The van der Waals surface area contributed by atoms with E-state index in [2.05, 4.69) is 18.2 Å². The number of hydrogen-bond acceptors (Lipinski definition) is 4. The molecule has 168 valence electrons. The normalized spacial score (nSPS) is 13.9. The van der Waals surface area contributed by atoms with Crippen LogP contribution in [0.25, 0.3) is 10.1 Å².